The van der Waals surface area contributed by atoms with E-state index in [2.05, 4.69) is 11.4 Å². The number of nitrogens with one attached hydrogen (secondary N) is 1. The summed E-state index contributed by atoms with van der Waals surface area (Å²) in [4.78, 5) is 12.7. The first-order chi connectivity index (χ1) is 12.5. The molecule has 1 aliphatic carbocycles. The van der Waals surface area contributed by atoms with Crippen LogP contribution in [0.4, 0.5) is 5.69 Å². The molecule has 1 fully saturated rings. The fraction of sp³-hybridized carbons (Fsp3) is 0.350. The number of fused-ring (bicyclic) bond motifs is 1. The number of amides is 1. The van der Waals surface area contributed by atoms with Gasteiger partial charge >= 0.3 is 0 Å². The van der Waals surface area contributed by atoms with Gasteiger partial charge in [-0.05, 0) is 79.6 Å². The van der Waals surface area contributed by atoms with E-state index in [0.29, 0.717) is 18.7 Å². The third kappa shape index (κ3) is 3.27. The number of anilines is 1. The molecule has 0 radical (unpaired) electrons. The summed E-state index contributed by atoms with van der Waals surface area (Å²) < 4.78 is 26.6. The highest BCUT2D eigenvalue weighted by molar-refractivity contribution is 7.89. The molecular formula is C20H22N2O3S. The van der Waals surface area contributed by atoms with E-state index < -0.39 is 10.0 Å². The molecule has 1 N–H and O–H groups in total. The zero-order valence-electron chi connectivity index (χ0n) is 14.6. The molecule has 2 aromatic rings. The van der Waals surface area contributed by atoms with Crippen LogP contribution >= 0.6 is 0 Å². The number of hydrogen-bond acceptors (Lipinski definition) is 3. The molecule has 4 rings (SSSR count). The lowest BCUT2D eigenvalue weighted by atomic mass is 10.1. The lowest BCUT2D eigenvalue weighted by molar-refractivity contribution is 0.102. The van der Waals surface area contributed by atoms with E-state index >= 15 is 0 Å². The Hall–Kier alpha value is -2.18. The maximum absolute atomic E-state index is 12.5. The zero-order valence-corrected chi connectivity index (χ0v) is 15.4. The molecule has 0 unspecified atom stereocenters. The third-order valence-corrected chi connectivity index (χ3v) is 7.09. The Labute approximate surface area is 154 Å². The Balaban J connectivity index is 1.49. The molecule has 1 saturated heterocycles. The molecule has 0 saturated carbocycles. The summed E-state index contributed by atoms with van der Waals surface area (Å²) in [5, 5.41) is 2.90. The molecule has 1 amide bonds. The summed E-state index contributed by atoms with van der Waals surface area (Å²) in [6.45, 7) is 1.14. The highest BCUT2D eigenvalue weighted by atomic mass is 32.2. The molecule has 0 aromatic heterocycles. The van der Waals surface area contributed by atoms with Crippen LogP contribution < -0.4 is 5.32 Å². The second-order valence-corrected chi connectivity index (χ2v) is 8.86. The average Bonchev–Trinajstić information content (AvgIpc) is 3.33. The number of benzene rings is 2. The van der Waals surface area contributed by atoms with E-state index in [1.165, 1.54) is 34.0 Å². The molecule has 0 atom stereocenters. The van der Waals surface area contributed by atoms with Crippen LogP contribution in [0.2, 0.25) is 0 Å². The summed E-state index contributed by atoms with van der Waals surface area (Å²) >= 11 is 0. The predicted octanol–water partition coefficient (Wildman–Crippen LogP) is 3.21. The first-order valence-electron chi connectivity index (χ1n) is 9.07. The molecule has 0 spiro atoms. The van der Waals surface area contributed by atoms with Crippen LogP contribution in [0.25, 0.3) is 0 Å². The standard InChI is InChI=1S/C20H22N2O3S/c23-20(21-18-9-6-15-4-3-5-17(15)14-18)16-7-10-19(11-8-16)26(24,25)22-12-1-2-13-22/h6-11,14H,1-5,12-13H2,(H,21,23). The van der Waals surface area contributed by atoms with Gasteiger partial charge in [-0.3, -0.25) is 4.79 Å². The molecule has 5 nitrogen and oxygen atoms in total. The first-order valence-corrected chi connectivity index (χ1v) is 10.5. The molecule has 0 bridgehead atoms. The summed E-state index contributed by atoms with van der Waals surface area (Å²) in [5.41, 5.74) is 3.89. The van der Waals surface area contributed by atoms with Crippen molar-refractivity contribution in [1.82, 2.24) is 4.31 Å². The molecule has 26 heavy (non-hydrogen) atoms. The van der Waals surface area contributed by atoms with Crippen LogP contribution in [-0.4, -0.2) is 31.7 Å². The fourth-order valence-corrected chi connectivity index (χ4v) is 5.23. The van der Waals surface area contributed by atoms with Crippen molar-refractivity contribution in [2.45, 2.75) is 37.0 Å². The quantitative estimate of drug-likeness (QED) is 0.899. The Morgan fingerprint density at radius 3 is 2.31 bits per heavy atom. The molecular weight excluding hydrogens is 348 g/mol. The zero-order chi connectivity index (χ0) is 18.1. The van der Waals surface area contributed by atoms with Crippen LogP contribution in [0.15, 0.2) is 47.4 Å². The molecule has 1 aliphatic heterocycles. The van der Waals surface area contributed by atoms with E-state index in [4.69, 9.17) is 0 Å². The van der Waals surface area contributed by atoms with Crippen molar-refractivity contribution in [2.24, 2.45) is 0 Å². The van der Waals surface area contributed by atoms with E-state index in [1.807, 2.05) is 12.1 Å². The minimum absolute atomic E-state index is 0.229. The van der Waals surface area contributed by atoms with Crippen molar-refractivity contribution >= 4 is 21.6 Å². The molecule has 2 aromatic carbocycles. The van der Waals surface area contributed by atoms with E-state index in [0.717, 1.165) is 31.4 Å². The summed E-state index contributed by atoms with van der Waals surface area (Å²) in [5.74, 6) is -0.229. The van der Waals surface area contributed by atoms with Gasteiger partial charge in [-0.15, -0.1) is 0 Å². The number of carbonyl (C=O) groups is 1. The topological polar surface area (TPSA) is 66.5 Å². The van der Waals surface area contributed by atoms with Gasteiger partial charge in [0.05, 0.1) is 4.90 Å². The van der Waals surface area contributed by atoms with Crippen LogP contribution in [0.1, 0.15) is 40.7 Å². The van der Waals surface area contributed by atoms with Crippen LogP contribution in [0.3, 0.4) is 0 Å². The summed E-state index contributed by atoms with van der Waals surface area (Å²) in [7, 11) is -3.45. The minimum atomic E-state index is -3.45. The van der Waals surface area contributed by atoms with Crippen LogP contribution in [0, 0.1) is 0 Å². The second kappa shape index (κ2) is 6.85. The molecule has 6 heteroatoms. The normalized spacial score (nSPS) is 17.2. The lowest BCUT2D eigenvalue weighted by Crippen LogP contribution is -2.27. The number of carbonyl (C=O) groups excluding carboxylic acids is 1. The largest absolute Gasteiger partial charge is 0.322 e. The number of rotatable bonds is 4. The highest BCUT2D eigenvalue weighted by Gasteiger charge is 2.27. The first kappa shape index (κ1) is 17.2. The molecule has 1 heterocycles. The number of hydrogen-bond donors (Lipinski definition) is 1. The van der Waals surface area contributed by atoms with Crippen molar-refractivity contribution in [1.29, 1.82) is 0 Å². The van der Waals surface area contributed by atoms with Gasteiger partial charge in [-0.2, -0.15) is 4.31 Å². The smallest absolute Gasteiger partial charge is 0.255 e. The lowest BCUT2D eigenvalue weighted by Gasteiger charge is -2.15. The van der Waals surface area contributed by atoms with E-state index in [-0.39, 0.29) is 10.8 Å². The SMILES string of the molecule is O=C(Nc1ccc2c(c1)CCC2)c1ccc(S(=O)(=O)N2CCCC2)cc1. The monoisotopic (exact) mass is 370 g/mol. The van der Waals surface area contributed by atoms with Gasteiger partial charge in [0.15, 0.2) is 0 Å². The Morgan fingerprint density at radius 2 is 1.58 bits per heavy atom. The Morgan fingerprint density at radius 1 is 0.885 bits per heavy atom. The summed E-state index contributed by atoms with van der Waals surface area (Å²) in [6.07, 6.45) is 5.14. The highest BCUT2D eigenvalue weighted by Crippen LogP contribution is 2.25. The van der Waals surface area contributed by atoms with Gasteiger partial charge in [0.2, 0.25) is 10.0 Å². The van der Waals surface area contributed by atoms with Crippen LogP contribution in [-0.2, 0) is 22.9 Å². The maximum Gasteiger partial charge on any atom is 0.255 e. The average molecular weight is 370 g/mol. The van der Waals surface area contributed by atoms with Gasteiger partial charge < -0.3 is 5.32 Å². The molecule has 2 aliphatic rings. The van der Waals surface area contributed by atoms with Crippen molar-refractivity contribution in [3.8, 4) is 0 Å². The second-order valence-electron chi connectivity index (χ2n) is 6.93. The Bertz CT molecular complexity index is 930. The van der Waals surface area contributed by atoms with Crippen molar-refractivity contribution < 1.29 is 13.2 Å². The maximum atomic E-state index is 12.5. The minimum Gasteiger partial charge on any atom is -0.322 e. The number of aryl methyl sites for hydroxylation is 2. The van der Waals surface area contributed by atoms with Crippen LogP contribution in [0.5, 0.6) is 0 Å². The number of sulfonamides is 1. The summed E-state index contributed by atoms with van der Waals surface area (Å²) in [6, 6.07) is 12.2. The van der Waals surface area contributed by atoms with Gasteiger partial charge in [0, 0.05) is 24.3 Å². The fourth-order valence-electron chi connectivity index (χ4n) is 3.71. The Kier molecular flexibility index (Phi) is 4.54. The van der Waals surface area contributed by atoms with Crippen molar-refractivity contribution in [3.63, 3.8) is 0 Å². The van der Waals surface area contributed by atoms with Gasteiger partial charge in [0.25, 0.3) is 5.91 Å². The molecule has 136 valence electrons. The third-order valence-electron chi connectivity index (χ3n) is 5.18. The van der Waals surface area contributed by atoms with Crippen molar-refractivity contribution in [3.05, 3.63) is 59.2 Å². The van der Waals surface area contributed by atoms with Gasteiger partial charge in [-0.1, -0.05) is 6.07 Å². The number of nitrogens with zero attached hydrogens (tertiary/aromatic N) is 1. The predicted molar refractivity (Wildman–Crippen MR) is 101 cm³/mol. The van der Waals surface area contributed by atoms with Gasteiger partial charge in [0.1, 0.15) is 0 Å². The van der Waals surface area contributed by atoms with E-state index in [9.17, 15) is 13.2 Å². The van der Waals surface area contributed by atoms with E-state index in [1.54, 1.807) is 12.1 Å². The van der Waals surface area contributed by atoms with Crippen molar-refractivity contribution in [2.75, 3.05) is 18.4 Å². The van der Waals surface area contributed by atoms with Gasteiger partial charge in [-0.25, -0.2) is 8.42 Å².